The minimum absolute atomic E-state index is 0.103. The SMILES string of the molecule is Cc1c(Cc2ccccc2)c(=O)n(Cc2ccccc2)c2cc(Oc3ccc(Cl)nn3)cc(Oc3ccc(Cl)nn3)c12. The van der Waals surface area contributed by atoms with E-state index in [4.69, 9.17) is 32.7 Å². The molecule has 0 radical (unpaired) electrons. The Labute approximate surface area is 251 Å². The molecule has 0 aliphatic heterocycles. The van der Waals surface area contributed by atoms with E-state index in [2.05, 4.69) is 20.4 Å². The first-order valence-electron chi connectivity index (χ1n) is 13.1. The third-order valence-corrected chi connectivity index (χ3v) is 7.14. The van der Waals surface area contributed by atoms with Gasteiger partial charge in [-0.3, -0.25) is 4.79 Å². The third kappa shape index (κ3) is 5.95. The number of rotatable bonds is 8. The summed E-state index contributed by atoms with van der Waals surface area (Å²) in [6, 6.07) is 29.6. The van der Waals surface area contributed by atoms with Crippen LogP contribution in [0.3, 0.4) is 0 Å². The number of hydrogen-bond acceptors (Lipinski definition) is 7. The van der Waals surface area contributed by atoms with Gasteiger partial charge in [-0.05, 0) is 35.7 Å². The Hall–Kier alpha value is -4.79. The Morgan fingerprint density at radius 1 is 0.714 bits per heavy atom. The molecule has 0 spiro atoms. The number of fused-ring (bicyclic) bond motifs is 1. The molecular weight excluding hydrogens is 573 g/mol. The second-order valence-corrected chi connectivity index (χ2v) is 10.3. The van der Waals surface area contributed by atoms with Gasteiger partial charge in [0.1, 0.15) is 11.5 Å². The molecule has 0 unspecified atom stereocenters. The van der Waals surface area contributed by atoms with E-state index >= 15 is 0 Å². The fraction of sp³-hybridized carbons (Fsp3) is 0.0938. The van der Waals surface area contributed by atoms with E-state index in [9.17, 15) is 4.79 Å². The van der Waals surface area contributed by atoms with Crippen LogP contribution in [0.2, 0.25) is 10.3 Å². The lowest BCUT2D eigenvalue weighted by Crippen LogP contribution is -2.26. The van der Waals surface area contributed by atoms with Gasteiger partial charge in [-0.1, -0.05) is 83.9 Å². The third-order valence-electron chi connectivity index (χ3n) is 6.74. The molecule has 10 heteroatoms. The molecule has 3 aromatic carbocycles. The van der Waals surface area contributed by atoms with Crippen molar-refractivity contribution in [3.63, 3.8) is 0 Å². The molecule has 208 valence electrons. The van der Waals surface area contributed by atoms with E-state index in [1.165, 1.54) is 0 Å². The lowest BCUT2D eigenvalue weighted by molar-refractivity contribution is 0.438. The van der Waals surface area contributed by atoms with Crippen molar-refractivity contribution in [2.24, 2.45) is 0 Å². The zero-order chi connectivity index (χ0) is 29.1. The summed E-state index contributed by atoms with van der Waals surface area (Å²) in [5.74, 6) is 1.27. The minimum Gasteiger partial charge on any atom is -0.437 e. The van der Waals surface area contributed by atoms with Crippen LogP contribution in [0.5, 0.6) is 23.3 Å². The maximum Gasteiger partial charge on any atom is 0.255 e. The quantitative estimate of drug-likeness (QED) is 0.181. The van der Waals surface area contributed by atoms with E-state index < -0.39 is 0 Å². The number of halogens is 2. The number of ether oxygens (including phenoxy) is 2. The predicted molar refractivity (Wildman–Crippen MR) is 162 cm³/mol. The maximum absolute atomic E-state index is 14.2. The van der Waals surface area contributed by atoms with Gasteiger partial charge in [0.05, 0.1) is 12.1 Å². The van der Waals surface area contributed by atoms with Crippen molar-refractivity contribution in [3.8, 4) is 23.3 Å². The maximum atomic E-state index is 14.2. The molecule has 0 saturated carbocycles. The number of hydrogen-bond donors (Lipinski definition) is 0. The first-order chi connectivity index (χ1) is 20.4. The van der Waals surface area contributed by atoms with Gasteiger partial charge in [0, 0.05) is 41.6 Å². The Morgan fingerprint density at radius 2 is 1.31 bits per heavy atom. The highest BCUT2D eigenvalue weighted by Crippen LogP contribution is 2.38. The fourth-order valence-corrected chi connectivity index (χ4v) is 4.97. The Balaban J connectivity index is 1.59. The molecule has 0 N–H and O–H groups in total. The van der Waals surface area contributed by atoms with Gasteiger partial charge < -0.3 is 14.0 Å². The first kappa shape index (κ1) is 27.4. The summed E-state index contributed by atoms with van der Waals surface area (Å²) >= 11 is 11.9. The second kappa shape index (κ2) is 12.0. The molecule has 8 nitrogen and oxygen atoms in total. The van der Waals surface area contributed by atoms with Gasteiger partial charge in [0.15, 0.2) is 10.3 Å². The number of nitrogens with zero attached hydrogens (tertiary/aromatic N) is 5. The van der Waals surface area contributed by atoms with Gasteiger partial charge in [0.2, 0.25) is 11.8 Å². The molecule has 3 heterocycles. The highest BCUT2D eigenvalue weighted by Gasteiger charge is 2.21. The molecule has 0 saturated heterocycles. The number of pyridine rings is 1. The highest BCUT2D eigenvalue weighted by atomic mass is 35.5. The van der Waals surface area contributed by atoms with E-state index in [-0.39, 0.29) is 27.6 Å². The van der Waals surface area contributed by atoms with Crippen LogP contribution in [0.25, 0.3) is 10.9 Å². The predicted octanol–water partition coefficient (Wildman–Crippen LogP) is 7.42. The fourth-order valence-electron chi connectivity index (χ4n) is 4.77. The summed E-state index contributed by atoms with van der Waals surface area (Å²) in [5, 5.41) is 17.1. The molecule has 42 heavy (non-hydrogen) atoms. The van der Waals surface area contributed by atoms with Crippen LogP contribution in [0.15, 0.2) is 102 Å². The van der Waals surface area contributed by atoms with E-state index in [1.54, 1.807) is 41.0 Å². The molecule has 3 aromatic heterocycles. The van der Waals surface area contributed by atoms with Crippen molar-refractivity contribution in [3.05, 3.63) is 140 Å². The second-order valence-electron chi connectivity index (χ2n) is 9.55. The van der Waals surface area contributed by atoms with Gasteiger partial charge in [0.25, 0.3) is 5.56 Å². The van der Waals surface area contributed by atoms with E-state index in [1.807, 2.05) is 67.6 Å². The van der Waals surface area contributed by atoms with E-state index in [0.717, 1.165) is 22.1 Å². The Morgan fingerprint density at radius 3 is 1.90 bits per heavy atom. The van der Waals surface area contributed by atoms with Crippen molar-refractivity contribution in [2.75, 3.05) is 0 Å². The van der Waals surface area contributed by atoms with Crippen LogP contribution in [-0.4, -0.2) is 25.0 Å². The van der Waals surface area contributed by atoms with Crippen LogP contribution in [0.1, 0.15) is 22.3 Å². The topological polar surface area (TPSA) is 92.0 Å². The first-order valence-corrected chi connectivity index (χ1v) is 13.8. The molecule has 0 aliphatic rings. The molecule has 6 aromatic rings. The monoisotopic (exact) mass is 595 g/mol. The van der Waals surface area contributed by atoms with Crippen molar-refractivity contribution in [1.82, 2.24) is 25.0 Å². The summed E-state index contributed by atoms with van der Waals surface area (Å²) in [5.41, 5.74) is 3.96. The summed E-state index contributed by atoms with van der Waals surface area (Å²) in [4.78, 5) is 14.2. The zero-order valence-corrected chi connectivity index (χ0v) is 23.9. The van der Waals surface area contributed by atoms with E-state index in [0.29, 0.717) is 35.5 Å². The number of aryl methyl sites for hydroxylation is 1. The lowest BCUT2D eigenvalue weighted by atomic mass is 9.97. The van der Waals surface area contributed by atoms with Crippen molar-refractivity contribution >= 4 is 34.1 Å². The molecule has 0 atom stereocenters. The summed E-state index contributed by atoms with van der Waals surface area (Å²) in [6.07, 6.45) is 0.453. The average Bonchev–Trinajstić information content (AvgIpc) is 3.00. The van der Waals surface area contributed by atoms with Crippen molar-refractivity contribution in [1.29, 1.82) is 0 Å². The highest BCUT2D eigenvalue weighted by molar-refractivity contribution is 6.29. The molecule has 0 amide bonds. The van der Waals surface area contributed by atoms with Crippen molar-refractivity contribution in [2.45, 2.75) is 19.9 Å². The summed E-state index contributed by atoms with van der Waals surface area (Å²) in [6.45, 7) is 2.27. The Kier molecular flexibility index (Phi) is 7.81. The molecular formula is C32H23Cl2N5O3. The van der Waals surface area contributed by atoms with Crippen LogP contribution in [0, 0.1) is 6.92 Å². The van der Waals surface area contributed by atoms with Crippen LogP contribution >= 0.6 is 23.2 Å². The smallest absolute Gasteiger partial charge is 0.255 e. The van der Waals surface area contributed by atoms with Gasteiger partial charge >= 0.3 is 0 Å². The molecule has 0 bridgehead atoms. The minimum atomic E-state index is -0.103. The normalized spacial score (nSPS) is 11.0. The van der Waals surface area contributed by atoms with Crippen LogP contribution in [0.4, 0.5) is 0 Å². The molecule has 6 rings (SSSR count). The van der Waals surface area contributed by atoms with Crippen molar-refractivity contribution < 1.29 is 9.47 Å². The number of benzene rings is 3. The van der Waals surface area contributed by atoms with Gasteiger partial charge in [-0.2, -0.15) is 0 Å². The van der Waals surface area contributed by atoms with Crippen LogP contribution < -0.4 is 15.0 Å². The summed E-state index contributed by atoms with van der Waals surface area (Å²) < 4.78 is 14.1. The largest absolute Gasteiger partial charge is 0.437 e. The van der Waals surface area contributed by atoms with Gasteiger partial charge in [-0.15, -0.1) is 20.4 Å². The van der Waals surface area contributed by atoms with Crippen LogP contribution in [-0.2, 0) is 13.0 Å². The zero-order valence-electron chi connectivity index (χ0n) is 22.4. The molecule has 0 fully saturated rings. The molecule has 0 aliphatic carbocycles. The standard InChI is InChI=1S/C32H23Cl2N5O3/c1-20-24(16-21-8-4-2-5-9-21)32(40)39(19-22-10-6-3-7-11-22)25-17-23(41-29-14-12-27(33)35-37-29)18-26(31(20)25)42-30-15-13-28(34)36-38-30/h2-15,17-18H,16,19H2,1H3. The average molecular weight is 596 g/mol. The Bertz CT molecular complexity index is 1920. The number of aromatic nitrogens is 5. The van der Waals surface area contributed by atoms with Gasteiger partial charge in [-0.25, -0.2) is 0 Å². The summed E-state index contributed by atoms with van der Waals surface area (Å²) in [7, 11) is 0. The lowest BCUT2D eigenvalue weighted by Gasteiger charge is -2.20.